The Labute approximate surface area is 193 Å². The fraction of sp³-hybridized carbons (Fsp3) is 0.692. The lowest BCUT2D eigenvalue weighted by molar-refractivity contribution is -0.136. The number of piperazine rings is 1. The van der Waals surface area contributed by atoms with Gasteiger partial charge in [0.05, 0.1) is 19.1 Å². The summed E-state index contributed by atoms with van der Waals surface area (Å²) < 4.78 is 0. The van der Waals surface area contributed by atoms with Crippen LogP contribution in [0.15, 0.2) is 18.2 Å². The van der Waals surface area contributed by atoms with Gasteiger partial charge >= 0.3 is 0 Å². The molecule has 0 spiro atoms. The van der Waals surface area contributed by atoms with Crippen LogP contribution in [0.3, 0.4) is 0 Å². The van der Waals surface area contributed by atoms with E-state index >= 15 is 0 Å². The zero-order chi connectivity index (χ0) is 22.5. The molecular formula is C26H40N4O2. The Hall–Kier alpha value is -1.92. The highest BCUT2D eigenvalue weighted by molar-refractivity contribution is 5.79. The molecule has 2 atom stereocenters. The van der Waals surface area contributed by atoms with Gasteiger partial charge in [-0.3, -0.25) is 19.4 Å². The molecule has 6 heteroatoms. The average Bonchev–Trinajstić information content (AvgIpc) is 2.80. The number of fused-ring (bicyclic) bond motifs is 1. The van der Waals surface area contributed by atoms with Crippen molar-refractivity contribution in [3.05, 3.63) is 34.9 Å². The van der Waals surface area contributed by atoms with Crippen LogP contribution < -0.4 is 5.32 Å². The molecular weight excluding hydrogens is 400 g/mol. The number of hydrogen-bond acceptors (Lipinski definition) is 4. The lowest BCUT2D eigenvalue weighted by Gasteiger charge is -2.38. The minimum atomic E-state index is 0.0279. The Kier molecular flexibility index (Phi) is 7.84. The number of likely N-dealkylation sites (tertiary alicyclic amines) is 1. The number of benzene rings is 1. The normalized spacial score (nSPS) is 23.4. The van der Waals surface area contributed by atoms with Crippen LogP contribution in [0, 0.1) is 0 Å². The summed E-state index contributed by atoms with van der Waals surface area (Å²) in [5.74, 6) is 0.351. The Morgan fingerprint density at radius 2 is 1.62 bits per heavy atom. The summed E-state index contributed by atoms with van der Waals surface area (Å²) in [6, 6.07) is 7.11. The highest BCUT2D eigenvalue weighted by Gasteiger charge is 2.27. The van der Waals surface area contributed by atoms with Gasteiger partial charge in [-0.15, -0.1) is 0 Å². The predicted molar refractivity (Wildman–Crippen MR) is 128 cm³/mol. The molecule has 2 saturated heterocycles. The third-order valence-corrected chi connectivity index (χ3v) is 7.56. The third kappa shape index (κ3) is 5.90. The second-order valence-corrected chi connectivity index (χ2v) is 10.0. The van der Waals surface area contributed by atoms with E-state index < -0.39 is 0 Å². The molecule has 4 rings (SSSR count). The molecule has 1 aromatic carbocycles. The van der Waals surface area contributed by atoms with Crippen molar-refractivity contribution in [2.24, 2.45) is 0 Å². The molecule has 0 saturated carbocycles. The van der Waals surface area contributed by atoms with Gasteiger partial charge in [0, 0.05) is 38.8 Å². The first-order chi connectivity index (χ1) is 15.5. The van der Waals surface area contributed by atoms with Gasteiger partial charge in [-0.25, -0.2) is 0 Å². The molecule has 2 fully saturated rings. The van der Waals surface area contributed by atoms with Gasteiger partial charge in [0.25, 0.3) is 0 Å². The van der Waals surface area contributed by atoms with E-state index in [1.807, 2.05) is 0 Å². The van der Waals surface area contributed by atoms with Crippen LogP contribution >= 0.6 is 0 Å². The molecule has 1 N–H and O–H groups in total. The second-order valence-electron chi connectivity index (χ2n) is 10.0. The number of hydrogen-bond donors (Lipinski definition) is 1. The van der Waals surface area contributed by atoms with Crippen molar-refractivity contribution in [3.8, 4) is 0 Å². The van der Waals surface area contributed by atoms with Gasteiger partial charge in [-0.2, -0.15) is 0 Å². The summed E-state index contributed by atoms with van der Waals surface area (Å²) in [5.41, 5.74) is 4.14. The van der Waals surface area contributed by atoms with Crippen molar-refractivity contribution < 1.29 is 9.59 Å². The molecule has 1 aliphatic carbocycles. The maximum absolute atomic E-state index is 12.7. The molecule has 2 aliphatic heterocycles. The Bertz CT molecular complexity index is 803. The maximum atomic E-state index is 12.7. The molecule has 1 aromatic rings. The van der Waals surface area contributed by atoms with Gasteiger partial charge in [0.15, 0.2) is 0 Å². The number of aryl methyl sites for hydroxylation is 2. The number of nitrogens with one attached hydrogen (secondary N) is 1. The molecule has 176 valence electrons. The van der Waals surface area contributed by atoms with Crippen molar-refractivity contribution in [3.63, 3.8) is 0 Å². The van der Waals surface area contributed by atoms with Gasteiger partial charge in [-0.05, 0) is 75.5 Å². The summed E-state index contributed by atoms with van der Waals surface area (Å²) in [7, 11) is 0. The monoisotopic (exact) mass is 440 g/mol. The van der Waals surface area contributed by atoms with Gasteiger partial charge < -0.3 is 10.2 Å². The van der Waals surface area contributed by atoms with Gasteiger partial charge in [0.2, 0.25) is 11.8 Å². The second kappa shape index (κ2) is 10.8. The molecule has 2 heterocycles. The molecule has 2 unspecified atom stereocenters. The number of amides is 2. The topological polar surface area (TPSA) is 55.9 Å². The Morgan fingerprint density at radius 1 is 0.938 bits per heavy atom. The molecule has 2 amide bonds. The minimum Gasteiger partial charge on any atom is -0.348 e. The van der Waals surface area contributed by atoms with E-state index in [2.05, 4.69) is 52.1 Å². The first-order valence-corrected chi connectivity index (χ1v) is 12.6. The first-order valence-electron chi connectivity index (χ1n) is 12.6. The molecule has 3 aliphatic rings. The maximum Gasteiger partial charge on any atom is 0.236 e. The van der Waals surface area contributed by atoms with Crippen LogP contribution in [-0.4, -0.2) is 78.4 Å². The molecule has 6 nitrogen and oxygen atoms in total. The number of nitrogens with zero attached hydrogens (tertiary/aromatic N) is 3. The summed E-state index contributed by atoms with van der Waals surface area (Å²) in [6.07, 6.45) is 8.39. The predicted octanol–water partition coefficient (Wildman–Crippen LogP) is 2.76. The zero-order valence-electron chi connectivity index (χ0n) is 19.9. The van der Waals surface area contributed by atoms with Crippen LogP contribution in [0.2, 0.25) is 0 Å². The summed E-state index contributed by atoms with van der Waals surface area (Å²) in [6.45, 7) is 9.46. The van der Waals surface area contributed by atoms with Crippen molar-refractivity contribution in [2.45, 2.75) is 70.9 Å². The Balaban J connectivity index is 1.19. The Morgan fingerprint density at radius 3 is 2.34 bits per heavy atom. The number of carbonyl (C=O) groups is 2. The zero-order valence-corrected chi connectivity index (χ0v) is 19.9. The van der Waals surface area contributed by atoms with Crippen LogP contribution in [-0.2, 0) is 22.4 Å². The van der Waals surface area contributed by atoms with E-state index in [1.54, 1.807) is 0 Å². The largest absolute Gasteiger partial charge is 0.348 e. The van der Waals surface area contributed by atoms with E-state index in [0.717, 1.165) is 52.0 Å². The number of carbonyl (C=O) groups excluding carboxylic acids is 2. The third-order valence-electron chi connectivity index (χ3n) is 7.56. The standard InChI is InChI=1S/C26H40N4O2/c1-20-7-5-6-12-30(20)26(32)19-29-15-13-28(14-16-29)18-25(31)27-21(2)23-11-10-22-8-3-4-9-24(22)17-23/h10-11,17,20-21H,3-9,12-16,18-19H2,1-2H3,(H,27,31). The summed E-state index contributed by atoms with van der Waals surface area (Å²) in [5, 5.41) is 3.19. The summed E-state index contributed by atoms with van der Waals surface area (Å²) >= 11 is 0. The van der Waals surface area contributed by atoms with E-state index in [1.165, 1.54) is 42.4 Å². The van der Waals surface area contributed by atoms with Gasteiger partial charge in [0.1, 0.15) is 0 Å². The van der Waals surface area contributed by atoms with Crippen molar-refractivity contribution in [1.82, 2.24) is 20.0 Å². The molecule has 0 aromatic heterocycles. The highest BCUT2D eigenvalue weighted by Crippen LogP contribution is 2.24. The van der Waals surface area contributed by atoms with Crippen LogP contribution in [0.25, 0.3) is 0 Å². The van der Waals surface area contributed by atoms with E-state index in [-0.39, 0.29) is 17.9 Å². The fourth-order valence-electron chi connectivity index (χ4n) is 5.45. The average molecular weight is 441 g/mol. The van der Waals surface area contributed by atoms with Crippen molar-refractivity contribution >= 4 is 11.8 Å². The SMILES string of the molecule is CC(NC(=O)CN1CCN(CC(=O)N2CCCCC2C)CC1)c1ccc2c(c1)CCCC2. The number of piperidine rings is 1. The van der Waals surface area contributed by atoms with Crippen LogP contribution in [0.1, 0.15) is 68.7 Å². The van der Waals surface area contributed by atoms with E-state index in [4.69, 9.17) is 0 Å². The first kappa shape index (κ1) is 23.2. The lowest BCUT2D eigenvalue weighted by atomic mass is 9.89. The molecule has 0 bridgehead atoms. The molecule has 0 radical (unpaired) electrons. The van der Waals surface area contributed by atoms with Crippen molar-refractivity contribution in [1.29, 1.82) is 0 Å². The van der Waals surface area contributed by atoms with Crippen LogP contribution in [0.5, 0.6) is 0 Å². The summed E-state index contributed by atoms with van der Waals surface area (Å²) in [4.78, 5) is 31.9. The minimum absolute atomic E-state index is 0.0279. The fourth-order valence-corrected chi connectivity index (χ4v) is 5.45. The van der Waals surface area contributed by atoms with Crippen LogP contribution in [0.4, 0.5) is 0 Å². The lowest BCUT2D eigenvalue weighted by Crippen LogP contribution is -2.53. The quantitative estimate of drug-likeness (QED) is 0.739. The van der Waals surface area contributed by atoms with Crippen molar-refractivity contribution in [2.75, 3.05) is 45.8 Å². The smallest absolute Gasteiger partial charge is 0.236 e. The van der Waals surface area contributed by atoms with E-state index in [9.17, 15) is 9.59 Å². The molecule has 32 heavy (non-hydrogen) atoms. The number of rotatable bonds is 6. The van der Waals surface area contributed by atoms with Gasteiger partial charge in [-0.1, -0.05) is 18.2 Å². The van der Waals surface area contributed by atoms with E-state index in [0.29, 0.717) is 19.1 Å². The highest BCUT2D eigenvalue weighted by atomic mass is 16.2.